The number of nitrogens with one attached hydrogen (secondary N) is 1. The zero-order chi connectivity index (χ0) is 12.2. The molecule has 0 aromatic carbocycles. The lowest BCUT2D eigenvalue weighted by atomic mass is 9.85. The molecule has 1 aliphatic carbocycles. The SMILES string of the molecule is COC(C)CNC1CCC(C(F)(F)F)CC1. The highest BCUT2D eigenvalue weighted by Gasteiger charge is 2.41. The lowest BCUT2D eigenvalue weighted by Crippen LogP contribution is -2.40. The summed E-state index contributed by atoms with van der Waals surface area (Å²) in [6.07, 6.45) is -2.17. The molecule has 1 aliphatic rings. The molecule has 1 rings (SSSR count). The van der Waals surface area contributed by atoms with E-state index in [0.717, 1.165) is 0 Å². The number of hydrogen-bond donors (Lipinski definition) is 1. The molecule has 1 N–H and O–H groups in total. The summed E-state index contributed by atoms with van der Waals surface area (Å²) >= 11 is 0. The van der Waals surface area contributed by atoms with Gasteiger partial charge in [-0.25, -0.2) is 0 Å². The number of ether oxygens (including phenoxy) is 1. The number of halogens is 3. The fraction of sp³-hybridized carbons (Fsp3) is 1.00. The Balaban J connectivity index is 2.22. The van der Waals surface area contributed by atoms with Crippen LogP contribution in [0.3, 0.4) is 0 Å². The van der Waals surface area contributed by atoms with Gasteiger partial charge in [0.05, 0.1) is 12.0 Å². The van der Waals surface area contributed by atoms with Crippen LogP contribution in [0.1, 0.15) is 32.6 Å². The molecule has 0 saturated heterocycles. The van der Waals surface area contributed by atoms with Crippen molar-refractivity contribution >= 4 is 0 Å². The van der Waals surface area contributed by atoms with E-state index in [1.54, 1.807) is 7.11 Å². The van der Waals surface area contributed by atoms with Crippen molar-refractivity contribution < 1.29 is 17.9 Å². The standard InChI is InChI=1S/C11H20F3NO/c1-8(16-2)7-15-10-5-3-9(4-6-10)11(12,13)14/h8-10,15H,3-7H2,1-2H3. The van der Waals surface area contributed by atoms with Crippen LogP contribution in [0.2, 0.25) is 0 Å². The van der Waals surface area contributed by atoms with Crippen molar-refractivity contribution in [3.8, 4) is 0 Å². The number of hydrogen-bond acceptors (Lipinski definition) is 2. The van der Waals surface area contributed by atoms with Gasteiger partial charge in [0.1, 0.15) is 0 Å². The molecule has 0 aliphatic heterocycles. The lowest BCUT2D eigenvalue weighted by molar-refractivity contribution is -0.182. The summed E-state index contributed by atoms with van der Waals surface area (Å²) in [6.45, 7) is 2.65. The van der Waals surface area contributed by atoms with Crippen molar-refractivity contribution in [3.05, 3.63) is 0 Å². The van der Waals surface area contributed by atoms with E-state index in [2.05, 4.69) is 5.32 Å². The van der Waals surface area contributed by atoms with Crippen LogP contribution in [0.15, 0.2) is 0 Å². The summed E-state index contributed by atoms with van der Waals surface area (Å²) in [7, 11) is 1.63. The molecule has 1 saturated carbocycles. The van der Waals surface area contributed by atoms with Gasteiger partial charge in [0.15, 0.2) is 0 Å². The molecule has 16 heavy (non-hydrogen) atoms. The summed E-state index contributed by atoms with van der Waals surface area (Å²) in [5.74, 6) is -1.09. The van der Waals surface area contributed by atoms with Gasteiger partial charge in [-0.15, -0.1) is 0 Å². The van der Waals surface area contributed by atoms with E-state index in [-0.39, 0.29) is 25.0 Å². The third-order valence-electron chi connectivity index (χ3n) is 3.29. The molecule has 0 aromatic heterocycles. The highest BCUT2D eigenvalue weighted by molar-refractivity contribution is 4.81. The van der Waals surface area contributed by atoms with E-state index < -0.39 is 12.1 Å². The smallest absolute Gasteiger partial charge is 0.380 e. The minimum atomic E-state index is -4.01. The Morgan fingerprint density at radius 3 is 2.25 bits per heavy atom. The highest BCUT2D eigenvalue weighted by atomic mass is 19.4. The van der Waals surface area contributed by atoms with Crippen LogP contribution in [0.25, 0.3) is 0 Å². The largest absolute Gasteiger partial charge is 0.391 e. The summed E-state index contributed by atoms with van der Waals surface area (Å²) in [5, 5.41) is 3.25. The predicted molar refractivity (Wildman–Crippen MR) is 56.3 cm³/mol. The first-order valence-corrected chi connectivity index (χ1v) is 5.76. The Kier molecular flexibility index (Phi) is 5.05. The molecule has 0 bridgehead atoms. The maximum Gasteiger partial charge on any atom is 0.391 e. The molecule has 0 radical (unpaired) electrons. The topological polar surface area (TPSA) is 21.3 Å². The molecule has 1 atom stereocenters. The van der Waals surface area contributed by atoms with Gasteiger partial charge in [0.25, 0.3) is 0 Å². The van der Waals surface area contributed by atoms with Crippen LogP contribution in [0.4, 0.5) is 13.2 Å². The van der Waals surface area contributed by atoms with E-state index in [9.17, 15) is 13.2 Å². The summed E-state index contributed by atoms with van der Waals surface area (Å²) < 4.78 is 42.3. The normalized spacial score (nSPS) is 29.1. The van der Waals surface area contributed by atoms with Crippen molar-refractivity contribution in [2.24, 2.45) is 5.92 Å². The van der Waals surface area contributed by atoms with Gasteiger partial charge in [0.2, 0.25) is 0 Å². The molecule has 2 nitrogen and oxygen atoms in total. The quantitative estimate of drug-likeness (QED) is 0.814. The molecule has 0 spiro atoms. The zero-order valence-corrected chi connectivity index (χ0v) is 9.81. The minimum Gasteiger partial charge on any atom is -0.380 e. The molecule has 96 valence electrons. The van der Waals surface area contributed by atoms with Crippen LogP contribution in [0.5, 0.6) is 0 Å². The second kappa shape index (κ2) is 5.87. The van der Waals surface area contributed by atoms with E-state index in [4.69, 9.17) is 4.74 Å². The molecular formula is C11H20F3NO. The average Bonchev–Trinajstić information content (AvgIpc) is 2.25. The third-order valence-corrected chi connectivity index (χ3v) is 3.29. The van der Waals surface area contributed by atoms with Crippen LogP contribution in [-0.2, 0) is 4.74 Å². The first kappa shape index (κ1) is 13.8. The molecular weight excluding hydrogens is 219 g/mol. The summed E-state index contributed by atoms with van der Waals surface area (Å²) in [5.41, 5.74) is 0. The lowest BCUT2D eigenvalue weighted by Gasteiger charge is -2.30. The Morgan fingerprint density at radius 1 is 1.25 bits per heavy atom. The molecule has 0 amide bonds. The van der Waals surface area contributed by atoms with E-state index >= 15 is 0 Å². The van der Waals surface area contributed by atoms with Gasteiger partial charge in [0, 0.05) is 19.7 Å². The van der Waals surface area contributed by atoms with Gasteiger partial charge in [-0.2, -0.15) is 13.2 Å². The van der Waals surface area contributed by atoms with Crippen molar-refractivity contribution in [3.63, 3.8) is 0 Å². The Morgan fingerprint density at radius 2 is 1.81 bits per heavy atom. The monoisotopic (exact) mass is 239 g/mol. The fourth-order valence-electron chi connectivity index (χ4n) is 2.04. The molecule has 0 heterocycles. The fourth-order valence-corrected chi connectivity index (χ4v) is 2.04. The highest BCUT2D eigenvalue weighted by Crippen LogP contribution is 2.37. The maximum absolute atomic E-state index is 12.4. The second-order valence-corrected chi connectivity index (χ2v) is 4.54. The Bertz CT molecular complexity index is 200. The van der Waals surface area contributed by atoms with Gasteiger partial charge < -0.3 is 10.1 Å². The van der Waals surface area contributed by atoms with Crippen molar-refractivity contribution in [2.75, 3.05) is 13.7 Å². The maximum atomic E-state index is 12.4. The zero-order valence-electron chi connectivity index (χ0n) is 9.81. The predicted octanol–water partition coefficient (Wildman–Crippen LogP) is 2.73. The Hall–Kier alpha value is -0.290. The van der Waals surface area contributed by atoms with Crippen LogP contribution < -0.4 is 5.32 Å². The van der Waals surface area contributed by atoms with Crippen molar-refractivity contribution in [2.45, 2.75) is 50.9 Å². The number of rotatable bonds is 4. The summed E-state index contributed by atoms with van der Waals surface area (Å²) in [6, 6.07) is 0.219. The van der Waals surface area contributed by atoms with Crippen LogP contribution in [-0.4, -0.2) is 32.0 Å². The Labute approximate surface area is 94.5 Å². The van der Waals surface area contributed by atoms with E-state index in [0.29, 0.717) is 19.4 Å². The van der Waals surface area contributed by atoms with Crippen molar-refractivity contribution in [1.29, 1.82) is 0 Å². The average molecular weight is 239 g/mol. The third kappa shape index (κ3) is 4.29. The second-order valence-electron chi connectivity index (χ2n) is 4.54. The molecule has 5 heteroatoms. The molecule has 1 fully saturated rings. The van der Waals surface area contributed by atoms with Gasteiger partial charge >= 0.3 is 6.18 Å². The van der Waals surface area contributed by atoms with Crippen LogP contribution in [0, 0.1) is 5.92 Å². The van der Waals surface area contributed by atoms with E-state index in [1.807, 2.05) is 6.92 Å². The van der Waals surface area contributed by atoms with Crippen molar-refractivity contribution in [1.82, 2.24) is 5.32 Å². The minimum absolute atomic E-state index is 0.111. The summed E-state index contributed by atoms with van der Waals surface area (Å²) in [4.78, 5) is 0. The van der Waals surface area contributed by atoms with Gasteiger partial charge in [-0.3, -0.25) is 0 Å². The van der Waals surface area contributed by atoms with Crippen LogP contribution >= 0.6 is 0 Å². The molecule has 0 aromatic rings. The van der Waals surface area contributed by atoms with Gasteiger partial charge in [-0.05, 0) is 32.6 Å². The first-order valence-electron chi connectivity index (χ1n) is 5.76. The van der Waals surface area contributed by atoms with E-state index in [1.165, 1.54) is 0 Å². The number of methoxy groups -OCH3 is 1. The first-order chi connectivity index (χ1) is 7.43. The van der Waals surface area contributed by atoms with Gasteiger partial charge in [-0.1, -0.05) is 0 Å². The number of alkyl halides is 3. The molecule has 1 unspecified atom stereocenters.